The summed E-state index contributed by atoms with van der Waals surface area (Å²) in [5.41, 5.74) is 1.67. The molecule has 4 rings (SSSR count). The van der Waals surface area contributed by atoms with Gasteiger partial charge >= 0.3 is 0 Å². The van der Waals surface area contributed by atoms with Crippen molar-refractivity contribution in [2.24, 2.45) is 17.6 Å². The quantitative estimate of drug-likeness (QED) is 0.282. The number of fused-ring (bicyclic) bond motifs is 3. The first-order valence-electron chi connectivity index (χ1n) is 9.02. The van der Waals surface area contributed by atoms with Crippen LogP contribution in [-0.4, -0.2) is 57.1 Å². The summed E-state index contributed by atoms with van der Waals surface area (Å²) in [6.07, 6.45) is -0.776. The lowest BCUT2D eigenvalue weighted by Crippen LogP contribution is -2.64. The number of rotatable bonds is 2. The first-order valence-corrected chi connectivity index (χ1v) is 10.8. The standard InChI is InChI=1S/C19H14ClNO10S/c20-8-4-10(32(29,30)31)14(23)12-7(8)2-5-1-6-3-9(22)13(18(21)27)17(26)19(6,28)16(25)11(5)15(12)24/h2,4,6,13,23-24,28H,1,3H2,(H2,21,27)(H,29,30,31)/t6-,13?,19-/m0/s1. The molecule has 0 heterocycles. The van der Waals surface area contributed by atoms with E-state index in [4.69, 9.17) is 17.3 Å². The number of hydrogen-bond donors (Lipinski definition) is 5. The van der Waals surface area contributed by atoms with Crippen molar-refractivity contribution in [3.05, 3.63) is 28.3 Å². The molecule has 2 aromatic rings. The zero-order chi connectivity index (χ0) is 23.9. The van der Waals surface area contributed by atoms with E-state index in [0.29, 0.717) is 0 Å². The van der Waals surface area contributed by atoms with Crippen LogP contribution in [-0.2, 0) is 30.9 Å². The highest BCUT2D eigenvalue weighted by molar-refractivity contribution is 7.86. The van der Waals surface area contributed by atoms with Gasteiger partial charge in [-0.2, -0.15) is 8.42 Å². The van der Waals surface area contributed by atoms with Gasteiger partial charge < -0.3 is 21.1 Å². The van der Waals surface area contributed by atoms with Crippen molar-refractivity contribution in [1.29, 1.82) is 0 Å². The van der Waals surface area contributed by atoms with Crippen LogP contribution < -0.4 is 5.73 Å². The van der Waals surface area contributed by atoms with E-state index in [1.54, 1.807) is 0 Å². The van der Waals surface area contributed by atoms with E-state index in [-0.39, 0.29) is 22.4 Å². The van der Waals surface area contributed by atoms with Crippen molar-refractivity contribution in [1.82, 2.24) is 0 Å². The summed E-state index contributed by atoms with van der Waals surface area (Å²) in [4.78, 5) is 48.8. The second kappa shape index (κ2) is 6.72. The molecule has 6 N–H and O–H groups in total. The third kappa shape index (κ3) is 2.77. The molecule has 3 atom stereocenters. The third-order valence-corrected chi connectivity index (χ3v) is 7.15. The predicted octanol–water partition coefficient (Wildman–Crippen LogP) is -0.119. The van der Waals surface area contributed by atoms with Crippen LogP contribution in [0.15, 0.2) is 17.0 Å². The maximum Gasteiger partial charge on any atom is 0.298 e. The largest absolute Gasteiger partial charge is 0.506 e. The Morgan fingerprint density at radius 2 is 1.75 bits per heavy atom. The van der Waals surface area contributed by atoms with E-state index in [1.807, 2.05) is 0 Å². The summed E-state index contributed by atoms with van der Waals surface area (Å²) in [6.45, 7) is 0. The molecule has 168 valence electrons. The number of benzene rings is 2. The lowest BCUT2D eigenvalue weighted by molar-refractivity contribution is -0.157. The predicted molar refractivity (Wildman–Crippen MR) is 106 cm³/mol. The zero-order valence-electron chi connectivity index (χ0n) is 15.8. The van der Waals surface area contributed by atoms with Gasteiger partial charge in [-0.1, -0.05) is 11.6 Å². The number of aromatic hydroxyl groups is 2. The number of aliphatic hydroxyl groups is 1. The number of carbonyl (C=O) groups is 4. The van der Waals surface area contributed by atoms with Gasteiger partial charge in [0, 0.05) is 17.7 Å². The molecule has 1 saturated carbocycles. The Hall–Kier alpha value is -3.06. The molecule has 11 nitrogen and oxygen atoms in total. The molecule has 1 amide bonds. The molecule has 13 heteroatoms. The summed E-state index contributed by atoms with van der Waals surface area (Å²) in [7, 11) is -4.98. The Bertz CT molecular complexity index is 1400. The van der Waals surface area contributed by atoms with Crippen LogP contribution in [0.3, 0.4) is 0 Å². The van der Waals surface area contributed by atoms with E-state index in [9.17, 15) is 47.5 Å². The number of phenols is 2. The maximum atomic E-state index is 13.2. The van der Waals surface area contributed by atoms with Crippen LogP contribution >= 0.6 is 11.6 Å². The van der Waals surface area contributed by atoms with E-state index in [2.05, 4.69) is 0 Å². The average Bonchev–Trinajstić information content (AvgIpc) is 2.66. The summed E-state index contributed by atoms with van der Waals surface area (Å²) in [5.74, 6) is -10.4. The average molecular weight is 484 g/mol. The van der Waals surface area contributed by atoms with Crippen LogP contribution in [0, 0.1) is 11.8 Å². The van der Waals surface area contributed by atoms with Gasteiger partial charge in [-0.15, -0.1) is 0 Å². The van der Waals surface area contributed by atoms with Gasteiger partial charge in [-0.3, -0.25) is 23.7 Å². The van der Waals surface area contributed by atoms with Gasteiger partial charge in [0.15, 0.2) is 23.1 Å². The Kier molecular flexibility index (Phi) is 4.65. The topological polar surface area (TPSA) is 209 Å². The number of hydrogen-bond acceptors (Lipinski definition) is 9. The highest BCUT2D eigenvalue weighted by atomic mass is 35.5. The number of nitrogens with two attached hydrogens (primary N) is 1. The molecule has 0 aliphatic heterocycles. The first-order chi connectivity index (χ1) is 14.7. The monoisotopic (exact) mass is 483 g/mol. The first kappa shape index (κ1) is 22.1. The van der Waals surface area contributed by atoms with Gasteiger partial charge in [0.25, 0.3) is 10.1 Å². The van der Waals surface area contributed by atoms with Crippen molar-refractivity contribution in [3.63, 3.8) is 0 Å². The fourth-order valence-corrected chi connectivity index (χ4v) is 5.42. The SMILES string of the molecule is NC(=O)C1C(=O)C[C@@H]2Cc3cc4c(Cl)cc(S(=O)(=O)O)c(O)c4c(O)c3C(=O)[C@]2(O)C1=O. The van der Waals surface area contributed by atoms with Crippen molar-refractivity contribution < 1.29 is 47.5 Å². The van der Waals surface area contributed by atoms with Crippen LogP contribution in [0.5, 0.6) is 11.5 Å². The third-order valence-electron chi connectivity index (χ3n) is 5.97. The Labute approximate surface area is 184 Å². The van der Waals surface area contributed by atoms with Gasteiger partial charge in [0.2, 0.25) is 11.7 Å². The molecule has 32 heavy (non-hydrogen) atoms. The highest BCUT2D eigenvalue weighted by Crippen LogP contribution is 2.49. The van der Waals surface area contributed by atoms with Crippen molar-refractivity contribution >= 4 is 55.7 Å². The lowest BCUT2D eigenvalue weighted by atomic mass is 9.60. The van der Waals surface area contributed by atoms with Gasteiger partial charge in [0.05, 0.1) is 16.0 Å². The number of amides is 1. The summed E-state index contributed by atoms with van der Waals surface area (Å²) >= 11 is 6.06. The Balaban J connectivity index is 2.03. The minimum Gasteiger partial charge on any atom is -0.506 e. The van der Waals surface area contributed by atoms with E-state index >= 15 is 0 Å². The Morgan fingerprint density at radius 1 is 1.12 bits per heavy atom. The van der Waals surface area contributed by atoms with Crippen molar-refractivity contribution in [2.45, 2.75) is 23.3 Å². The lowest BCUT2D eigenvalue weighted by Gasteiger charge is -2.42. The van der Waals surface area contributed by atoms with Crippen LogP contribution in [0.1, 0.15) is 22.3 Å². The van der Waals surface area contributed by atoms with E-state index in [1.165, 1.54) is 6.07 Å². The normalized spacial score (nSPS) is 25.5. The Morgan fingerprint density at radius 3 is 2.31 bits per heavy atom. The molecule has 2 aliphatic carbocycles. The number of Topliss-reactive ketones (excluding diaryl/α,β-unsaturated/α-hetero) is 3. The minimum atomic E-state index is -4.98. The molecule has 0 saturated heterocycles. The molecule has 0 aromatic heterocycles. The van der Waals surface area contributed by atoms with Gasteiger partial charge in [0.1, 0.15) is 16.4 Å². The molecular formula is C19H14ClNO10S. The molecule has 0 bridgehead atoms. The number of ketones is 3. The van der Waals surface area contributed by atoms with Crippen molar-refractivity contribution in [2.75, 3.05) is 0 Å². The van der Waals surface area contributed by atoms with E-state index < -0.39 is 84.6 Å². The number of halogens is 1. The molecular weight excluding hydrogens is 470 g/mol. The number of carbonyl (C=O) groups excluding carboxylic acids is 4. The zero-order valence-corrected chi connectivity index (χ0v) is 17.4. The fourth-order valence-electron chi connectivity index (χ4n) is 4.48. The minimum absolute atomic E-state index is 0.0636. The summed E-state index contributed by atoms with van der Waals surface area (Å²) < 4.78 is 32.4. The molecule has 1 unspecified atom stereocenters. The van der Waals surface area contributed by atoms with E-state index in [0.717, 1.165) is 6.07 Å². The smallest absolute Gasteiger partial charge is 0.298 e. The molecule has 1 fully saturated rings. The molecule has 0 spiro atoms. The number of primary amides is 1. The van der Waals surface area contributed by atoms with Crippen LogP contribution in [0.2, 0.25) is 5.02 Å². The molecule has 2 aromatic carbocycles. The highest BCUT2D eigenvalue weighted by Gasteiger charge is 2.62. The molecule has 2 aliphatic rings. The molecule has 0 radical (unpaired) electrons. The van der Waals surface area contributed by atoms with Gasteiger partial charge in [-0.05, 0) is 24.1 Å². The summed E-state index contributed by atoms with van der Waals surface area (Å²) in [6, 6.07) is 1.97. The fraction of sp³-hybridized carbons (Fsp3) is 0.263. The second-order valence-corrected chi connectivity index (χ2v) is 9.53. The summed E-state index contributed by atoms with van der Waals surface area (Å²) in [5, 5.41) is 31.2. The number of phenolic OH excluding ortho intramolecular Hbond substituents is 2. The van der Waals surface area contributed by atoms with Crippen LogP contribution in [0.4, 0.5) is 0 Å². The van der Waals surface area contributed by atoms with Crippen LogP contribution in [0.25, 0.3) is 10.8 Å². The maximum absolute atomic E-state index is 13.2. The second-order valence-electron chi connectivity index (χ2n) is 7.73. The van der Waals surface area contributed by atoms with Gasteiger partial charge in [-0.25, -0.2) is 0 Å². The van der Waals surface area contributed by atoms with Crippen molar-refractivity contribution in [3.8, 4) is 11.5 Å².